The summed E-state index contributed by atoms with van der Waals surface area (Å²) in [5.41, 5.74) is 13.1. The van der Waals surface area contributed by atoms with Gasteiger partial charge in [0.1, 0.15) is 0 Å². The molecule has 0 radical (unpaired) electrons. The zero-order valence-electron chi connectivity index (χ0n) is 43.8. The molecule has 5 nitrogen and oxygen atoms in total. The van der Waals surface area contributed by atoms with Crippen LogP contribution in [0.4, 0.5) is 0 Å². The van der Waals surface area contributed by atoms with Crippen molar-refractivity contribution in [2.45, 2.75) is 131 Å². The van der Waals surface area contributed by atoms with E-state index in [1.165, 1.54) is 0 Å². The Morgan fingerprint density at radius 3 is 0.486 bits per heavy atom. The monoisotopic (exact) mass is 916 g/mol. The van der Waals surface area contributed by atoms with Crippen LogP contribution < -0.4 is 0 Å². The normalized spacial score (nSPS) is 17.4. The minimum absolute atomic E-state index is 0.297. The molecule has 10 bridgehead atoms. The van der Waals surface area contributed by atoms with E-state index in [-0.39, 0.29) is 27.1 Å². The molecule has 0 aromatic heterocycles. The topological polar surface area (TPSA) is 119 Å². The zero-order chi connectivity index (χ0) is 51.7. The van der Waals surface area contributed by atoms with Crippen LogP contribution in [-0.4, -0.2) is 0 Å². The second-order valence-corrected chi connectivity index (χ2v) is 23.8. The SMILES string of the molecule is CC(C)(C)c1cc2cc(c1)/C(C#N)=C/c1cc(cc(C(C)(C)C)c1)/C(C#N)=C/c1cc(cc(C(C)(C)C)c1)/C(C#N)=C/c1cc(cc(C(C)(C)C)c1)/C(C#N)=C/c1cc(cc(C(C)(C)C)c1)/C(C#N)=C/2. The lowest BCUT2D eigenvalue weighted by Gasteiger charge is -2.22. The quantitative estimate of drug-likeness (QED) is 0.153. The van der Waals surface area contributed by atoms with Crippen LogP contribution in [0.1, 0.15) is 187 Å². The maximum absolute atomic E-state index is 10.9. The van der Waals surface area contributed by atoms with E-state index in [1.807, 2.05) is 60.7 Å². The molecule has 0 fully saturated rings. The van der Waals surface area contributed by atoms with E-state index in [2.05, 4.69) is 195 Å². The summed E-state index contributed by atoms with van der Waals surface area (Å²) >= 11 is 0. The van der Waals surface area contributed by atoms with Gasteiger partial charge in [-0.2, -0.15) is 26.3 Å². The van der Waals surface area contributed by atoms with Gasteiger partial charge in [0, 0.05) is 0 Å². The van der Waals surface area contributed by atoms with Gasteiger partial charge in [-0.25, -0.2) is 0 Å². The van der Waals surface area contributed by atoms with Gasteiger partial charge in [0.15, 0.2) is 0 Å². The molecule has 5 aromatic carbocycles. The molecule has 1 aliphatic carbocycles. The molecule has 0 heterocycles. The third kappa shape index (κ3) is 12.1. The van der Waals surface area contributed by atoms with Crippen LogP contribution in [0.3, 0.4) is 0 Å². The summed E-state index contributed by atoms with van der Waals surface area (Å²) in [6.07, 6.45) is 9.43. The third-order valence-electron chi connectivity index (χ3n) is 12.8. The molecule has 5 heteroatoms. The maximum atomic E-state index is 10.9. The van der Waals surface area contributed by atoms with Gasteiger partial charge in [-0.05, 0) is 202 Å². The number of hydrogen-bond donors (Lipinski definition) is 0. The van der Waals surface area contributed by atoms with E-state index >= 15 is 0 Å². The van der Waals surface area contributed by atoms with Crippen molar-refractivity contribution in [1.29, 1.82) is 26.3 Å². The van der Waals surface area contributed by atoms with Crippen LogP contribution in [0.2, 0.25) is 0 Å². The second kappa shape index (κ2) is 19.3. The molecule has 0 aliphatic heterocycles. The molecule has 5 aromatic rings. The minimum atomic E-state index is -0.297. The summed E-state index contributed by atoms with van der Waals surface area (Å²) in [6, 6.07) is 42.9. The Bertz CT molecular complexity index is 2790. The third-order valence-corrected chi connectivity index (χ3v) is 12.8. The van der Waals surface area contributed by atoms with Gasteiger partial charge in [-0.3, -0.25) is 0 Å². The van der Waals surface area contributed by atoms with Crippen molar-refractivity contribution in [1.82, 2.24) is 0 Å². The lowest BCUT2D eigenvalue weighted by atomic mass is 9.82. The van der Waals surface area contributed by atoms with Gasteiger partial charge in [0.2, 0.25) is 0 Å². The lowest BCUT2D eigenvalue weighted by molar-refractivity contribution is 0.589. The van der Waals surface area contributed by atoms with Gasteiger partial charge < -0.3 is 0 Å². The number of nitriles is 5. The number of hydrogen-bond acceptors (Lipinski definition) is 5. The Morgan fingerprint density at radius 1 is 0.229 bits per heavy atom. The molecule has 6 rings (SSSR count). The molecular formula is C65H65N5. The molecular weight excluding hydrogens is 851 g/mol. The van der Waals surface area contributed by atoms with Gasteiger partial charge in [-0.1, -0.05) is 134 Å². The molecule has 1 aliphatic rings. The molecule has 0 atom stereocenters. The predicted molar refractivity (Wildman–Crippen MR) is 293 cm³/mol. The summed E-state index contributed by atoms with van der Waals surface area (Å²) in [5, 5.41) is 54.7. The van der Waals surface area contributed by atoms with E-state index in [9.17, 15) is 26.3 Å². The average molecular weight is 916 g/mol. The zero-order valence-corrected chi connectivity index (χ0v) is 43.8. The summed E-state index contributed by atoms with van der Waals surface area (Å²) in [5.74, 6) is 0. The second-order valence-electron chi connectivity index (χ2n) is 23.8. The first-order valence-corrected chi connectivity index (χ1v) is 23.9. The van der Waals surface area contributed by atoms with Gasteiger partial charge in [-0.15, -0.1) is 0 Å². The number of benzene rings is 5. The Hall–Kier alpha value is -7.75. The number of allylic oxidation sites excluding steroid dienone is 5. The van der Waals surface area contributed by atoms with Crippen molar-refractivity contribution in [2.24, 2.45) is 0 Å². The fraction of sp³-hybridized carbons (Fsp3) is 0.308. The largest absolute Gasteiger partial charge is 0.192 e. The highest BCUT2D eigenvalue weighted by Gasteiger charge is 2.23. The number of fused-ring (bicyclic) bond motifs is 10. The Kier molecular flexibility index (Phi) is 14.3. The first-order valence-electron chi connectivity index (χ1n) is 23.9. The molecule has 0 unspecified atom stereocenters. The number of nitrogens with zero attached hydrogens (tertiary/aromatic N) is 5. The first-order chi connectivity index (χ1) is 32.5. The molecule has 0 saturated carbocycles. The van der Waals surface area contributed by atoms with E-state index in [1.54, 1.807) is 0 Å². The highest BCUT2D eigenvalue weighted by Crippen LogP contribution is 2.37. The molecule has 70 heavy (non-hydrogen) atoms. The van der Waals surface area contributed by atoms with Crippen LogP contribution in [0.5, 0.6) is 0 Å². The number of rotatable bonds is 0. The van der Waals surface area contributed by atoms with Crippen LogP contribution in [-0.2, 0) is 27.1 Å². The Morgan fingerprint density at radius 2 is 0.371 bits per heavy atom. The molecule has 0 saturated heterocycles. The van der Waals surface area contributed by atoms with Crippen molar-refractivity contribution in [3.63, 3.8) is 0 Å². The predicted octanol–water partition coefficient (Wildman–Crippen LogP) is 16.8. The van der Waals surface area contributed by atoms with Crippen molar-refractivity contribution >= 4 is 58.2 Å². The summed E-state index contributed by atoms with van der Waals surface area (Å²) in [7, 11) is 0. The maximum Gasteiger partial charge on any atom is 0.0998 e. The highest BCUT2D eigenvalue weighted by atomic mass is 14.3. The van der Waals surface area contributed by atoms with E-state index in [4.69, 9.17) is 0 Å². The summed E-state index contributed by atoms with van der Waals surface area (Å²) < 4.78 is 0. The van der Waals surface area contributed by atoms with Gasteiger partial charge >= 0.3 is 0 Å². The van der Waals surface area contributed by atoms with Crippen molar-refractivity contribution in [3.8, 4) is 30.3 Å². The lowest BCUT2D eigenvalue weighted by Crippen LogP contribution is -2.12. The van der Waals surface area contributed by atoms with E-state index in [0.29, 0.717) is 55.7 Å². The molecule has 0 amide bonds. The Labute approximate surface area is 418 Å². The van der Waals surface area contributed by atoms with Crippen LogP contribution in [0.25, 0.3) is 58.2 Å². The first kappa shape index (κ1) is 51.6. The van der Waals surface area contributed by atoms with Crippen molar-refractivity contribution < 1.29 is 0 Å². The van der Waals surface area contributed by atoms with Crippen LogP contribution >= 0.6 is 0 Å². The van der Waals surface area contributed by atoms with Gasteiger partial charge in [0.25, 0.3) is 0 Å². The molecule has 0 spiro atoms. The van der Waals surface area contributed by atoms with Crippen LogP contribution in [0, 0.1) is 56.7 Å². The Balaban J connectivity index is 1.80. The molecule has 0 N–H and O–H groups in total. The minimum Gasteiger partial charge on any atom is -0.192 e. The van der Waals surface area contributed by atoms with Crippen molar-refractivity contribution in [2.75, 3.05) is 0 Å². The van der Waals surface area contributed by atoms with Crippen molar-refractivity contribution in [3.05, 3.63) is 174 Å². The fourth-order valence-corrected chi connectivity index (χ4v) is 8.35. The molecule has 350 valence electrons. The fourth-order valence-electron chi connectivity index (χ4n) is 8.35. The summed E-state index contributed by atoms with van der Waals surface area (Å²) in [4.78, 5) is 0. The van der Waals surface area contributed by atoms with Crippen LogP contribution in [0.15, 0.2) is 91.0 Å². The average Bonchev–Trinajstić information content (AvgIpc) is 3.27. The standard InChI is InChI=1S/C65H65N5/c1-61(2,3)56-26-41-16-46(31-56)51(36-66)22-42-17-48(33-57(27-42)62(4,5)6)53(38-68)24-44-19-50(35-59(29-44)64(10,11)12)55(40-70)25-45-20-49(34-60(30-45)65(13,14)15)54(39-69)23-43-18-47(52(21-41)37-67)32-58(28-43)63(7,8)9/h16-35H,1-15H3/b51-22+,52-21+,53-24+,54-23+,55-25+. The van der Waals surface area contributed by atoms with E-state index < -0.39 is 0 Å². The van der Waals surface area contributed by atoms with E-state index in [0.717, 1.165) is 55.6 Å². The van der Waals surface area contributed by atoms with Gasteiger partial charge in [0.05, 0.1) is 58.2 Å². The highest BCUT2D eigenvalue weighted by molar-refractivity contribution is 5.98. The summed E-state index contributed by atoms with van der Waals surface area (Å²) in [6.45, 7) is 32.0. The smallest absolute Gasteiger partial charge is 0.0998 e.